The van der Waals surface area contributed by atoms with Gasteiger partial charge in [0.1, 0.15) is 18.2 Å². The number of H-pyrrole nitrogens is 1. The number of likely N-dealkylation sites (tertiary alicyclic amines) is 1. The molecule has 2 fully saturated rings. The van der Waals surface area contributed by atoms with Crippen LogP contribution in [0.2, 0.25) is 5.02 Å². The maximum atomic E-state index is 13.4. The Morgan fingerprint density at radius 2 is 1.94 bits per heavy atom. The molecule has 2 aliphatic rings. The summed E-state index contributed by atoms with van der Waals surface area (Å²) in [5.74, 6) is 0.670. The molecular formula is C22H23ClF3N7O. The average Bonchev–Trinajstić information content (AvgIpc) is 3.29. The maximum absolute atomic E-state index is 13.4. The fraction of sp³-hybridized carbons (Fsp3) is 0.455. The standard InChI is InChI=1S/C22H23ClF3N7O/c23-14-7-13(22(24,25)26)8-15(9-14)30-18-4-2-6-33(21(18)34)16-3-1-5-32(11-16)20-17-10-29-31-19(17)27-12-28-20/h7-10,12,16,18,30H,1-6,11H2,(H,27,28,29,31)/t16-,18?/m1/s1. The molecule has 1 aromatic carbocycles. The van der Waals surface area contributed by atoms with Crippen molar-refractivity contribution < 1.29 is 18.0 Å². The Balaban J connectivity index is 1.32. The van der Waals surface area contributed by atoms with Crippen LogP contribution >= 0.6 is 11.6 Å². The van der Waals surface area contributed by atoms with E-state index in [1.165, 1.54) is 12.4 Å². The molecule has 0 spiro atoms. The van der Waals surface area contributed by atoms with Crippen molar-refractivity contribution in [1.29, 1.82) is 0 Å². The number of carbonyl (C=O) groups excluding carboxylic acids is 1. The summed E-state index contributed by atoms with van der Waals surface area (Å²) in [5, 5.41) is 10.7. The van der Waals surface area contributed by atoms with Crippen molar-refractivity contribution in [2.75, 3.05) is 29.9 Å². The summed E-state index contributed by atoms with van der Waals surface area (Å²) < 4.78 is 39.5. The van der Waals surface area contributed by atoms with Gasteiger partial charge in [0.25, 0.3) is 0 Å². The third-order valence-electron chi connectivity index (χ3n) is 6.40. The van der Waals surface area contributed by atoms with Crippen molar-refractivity contribution in [3.05, 3.63) is 41.3 Å². The van der Waals surface area contributed by atoms with Crippen LogP contribution in [0.3, 0.4) is 0 Å². The molecule has 1 unspecified atom stereocenters. The van der Waals surface area contributed by atoms with Gasteiger partial charge in [-0.2, -0.15) is 18.3 Å². The number of nitrogens with one attached hydrogen (secondary N) is 2. The molecule has 4 heterocycles. The van der Waals surface area contributed by atoms with Gasteiger partial charge in [-0.05, 0) is 43.9 Å². The zero-order valence-electron chi connectivity index (χ0n) is 18.1. The van der Waals surface area contributed by atoms with E-state index < -0.39 is 17.8 Å². The highest BCUT2D eigenvalue weighted by atomic mass is 35.5. The number of nitrogens with zero attached hydrogens (tertiary/aromatic N) is 5. The Kier molecular flexibility index (Phi) is 5.97. The molecule has 2 N–H and O–H groups in total. The van der Waals surface area contributed by atoms with E-state index in [1.807, 2.05) is 4.90 Å². The lowest BCUT2D eigenvalue weighted by Gasteiger charge is -2.43. The van der Waals surface area contributed by atoms with E-state index in [0.29, 0.717) is 25.2 Å². The minimum absolute atomic E-state index is 0.0205. The predicted octanol–water partition coefficient (Wildman–Crippen LogP) is 4.10. The van der Waals surface area contributed by atoms with Crippen LogP contribution in [0, 0.1) is 0 Å². The van der Waals surface area contributed by atoms with Crippen molar-refractivity contribution >= 4 is 40.0 Å². The van der Waals surface area contributed by atoms with Gasteiger partial charge in [-0.25, -0.2) is 9.97 Å². The van der Waals surface area contributed by atoms with E-state index in [0.717, 1.165) is 49.1 Å². The number of halogens is 4. The van der Waals surface area contributed by atoms with E-state index in [1.54, 1.807) is 6.20 Å². The number of rotatable bonds is 4. The third kappa shape index (κ3) is 4.48. The molecule has 0 radical (unpaired) electrons. The highest BCUT2D eigenvalue weighted by molar-refractivity contribution is 6.31. The molecule has 180 valence electrons. The van der Waals surface area contributed by atoms with Crippen molar-refractivity contribution in [1.82, 2.24) is 25.1 Å². The molecule has 0 saturated carbocycles. The molecule has 2 atom stereocenters. The van der Waals surface area contributed by atoms with Crippen LogP contribution in [0.15, 0.2) is 30.7 Å². The molecule has 2 aliphatic heterocycles. The van der Waals surface area contributed by atoms with Crippen LogP contribution in [-0.2, 0) is 11.0 Å². The minimum atomic E-state index is -4.52. The minimum Gasteiger partial charge on any atom is -0.374 e. The number of carbonyl (C=O) groups is 1. The molecule has 1 amide bonds. The summed E-state index contributed by atoms with van der Waals surface area (Å²) in [4.78, 5) is 26.0. The van der Waals surface area contributed by atoms with E-state index >= 15 is 0 Å². The zero-order valence-corrected chi connectivity index (χ0v) is 18.9. The summed E-state index contributed by atoms with van der Waals surface area (Å²) in [6, 6.07) is 2.65. The van der Waals surface area contributed by atoms with Gasteiger partial charge in [-0.3, -0.25) is 9.89 Å². The van der Waals surface area contributed by atoms with Gasteiger partial charge in [0.2, 0.25) is 5.91 Å². The Hall–Kier alpha value is -3.08. The second kappa shape index (κ2) is 8.94. The molecule has 0 aliphatic carbocycles. The number of benzene rings is 1. The summed E-state index contributed by atoms with van der Waals surface area (Å²) >= 11 is 5.91. The van der Waals surface area contributed by atoms with Crippen LogP contribution < -0.4 is 10.2 Å². The third-order valence-corrected chi connectivity index (χ3v) is 6.62. The van der Waals surface area contributed by atoms with Gasteiger partial charge >= 0.3 is 6.18 Å². The van der Waals surface area contributed by atoms with Crippen LogP contribution in [-0.4, -0.2) is 62.7 Å². The summed E-state index contributed by atoms with van der Waals surface area (Å²) in [5.41, 5.74) is -0.000218. The van der Waals surface area contributed by atoms with Crippen molar-refractivity contribution in [2.45, 2.75) is 43.9 Å². The Morgan fingerprint density at radius 1 is 1.12 bits per heavy atom. The molecular weight excluding hydrogens is 471 g/mol. The fourth-order valence-electron chi connectivity index (χ4n) is 4.84. The molecule has 34 heavy (non-hydrogen) atoms. The highest BCUT2D eigenvalue weighted by Gasteiger charge is 2.36. The molecule has 3 aromatic rings. The van der Waals surface area contributed by atoms with Crippen molar-refractivity contribution in [3.8, 4) is 0 Å². The lowest BCUT2D eigenvalue weighted by molar-refractivity contribution is -0.137. The van der Waals surface area contributed by atoms with Crippen LogP contribution in [0.25, 0.3) is 11.0 Å². The van der Waals surface area contributed by atoms with E-state index in [9.17, 15) is 18.0 Å². The lowest BCUT2D eigenvalue weighted by atomic mass is 9.97. The lowest BCUT2D eigenvalue weighted by Crippen LogP contribution is -2.56. The first-order valence-corrected chi connectivity index (χ1v) is 11.5. The van der Waals surface area contributed by atoms with E-state index in [-0.39, 0.29) is 22.7 Å². The van der Waals surface area contributed by atoms with Gasteiger partial charge < -0.3 is 15.1 Å². The second-order valence-electron chi connectivity index (χ2n) is 8.67. The number of aromatic amines is 1. The maximum Gasteiger partial charge on any atom is 0.416 e. The fourth-order valence-corrected chi connectivity index (χ4v) is 5.07. The highest BCUT2D eigenvalue weighted by Crippen LogP contribution is 2.34. The molecule has 0 bridgehead atoms. The smallest absolute Gasteiger partial charge is 0.374 e. The van der Waals surface area contributed by atoms with Gasteiger partial charge in [-0.15, -0.1) is 0 Å². The van der Waals surface area contributed by atoms with Crippen LogP contribution in [0.1, 0.15) is 31.2 Å². The van der Waals surface area contributed by atoms with Crippen LogP contribution in [0.5, 0.6) is 0 Å². The van der Waals surface area contributed by atoms with E-state index in [4.69, 9.17) is 11.6 Å². The number of amides is 1. The number of alkyl halides is 3. The van der Waals surface area contributed by atoms with Gasteiger partial charge in [0, 0.05) is 36.4 Å². The summed E-state index contributed by atoms with van der Waals surface area (Å²) in [6.07, 6.45) is 1.71. The number of anilines is 2. The van der Waals surface area contributed by atoms with Gasteiger partial charge in [0.15, 0.2) is 5.65 Å². The molecule has 2 saturated heterocycles. The van der Waals surface area contributed by atoms with Gasteiger partial charge in [0.05, 0.1) is 17.1 Å². The predicted molar refractivity (Wildman–Crippen MR) is 122 cm³/mol. The second-order valence-corrected chi connectivity index (χ2v) is 9.11. The number of aromatic nitrogens is 4. The SMILES string of the molecule is O=C1C(Nc2cc(Cl)cc(C(F)(F)F)c2)CCCN1[C@@H]1CCCN(c2ncnc3[nH]ncc23)C1. The Bertz CT molecular complexity index is 1200. The molecule has 2 aromatic heterocycles. The Labute approximate surface area is 198 Å². The average molecular weight is 494 g/mol. The monoisotopic (exact) mass is 493 g/mol. The summed E-state index contributed by atoms with van der Waals surface area (Å²) in [6.45, 7) is 2.04. The van der Waals surface area contributed by atoms with Crippen molar-refractivity contribution in [2.24, 2.45) is 0 Å². The molecule has 8 nitrogen and oxygen atoms in total. The molecule has 12 heteroatoms. The first kappa shape index (κ1) is 22.7. The van der Waals surface area contributed by atoms with E-state index in [2.05, 4.69) is 30.4 Å². The number of hydrogen-bond acceptors (Lipinski definition) is 6. The number of piperidine rings is 2. The zero-order chi connectivity index (χ0) is 23.9. The van der Waals surface area contributed by atoms with Gasteiger partial charge in [-0.1, -0.05) is 11.6 Å². The topological polar surface area (TPSA) is 90.0 Å². The summed E-state index contributed by atoms with van der Waals surface area (Å²) in [7, 11) is 0. The quantitative estimate of drug-likeness (QED) is 0.569. The molecule has 5 rings (SSSR count). The van der Waals surface area contributed by atoms with Crippen molar-refractivity contribution in [3.63, 3.8) is 0 Å². The normalized spacial score (nSPS) is 21.8. The Morgan fingerprint density at radius 3 is 2.76 bits per heavy atom. The van der Waals surface area contributed by atoms with Crippen LogP contribution in [0.4, 0.5) is 24.7 Å². The first-order valence-electron chi connectivity index (χ1n) is 11.1. The largest absolute Gasteiger partial charge is 0.416 e. The first-order chi connectivity index (χ1) is 16.3. The number of hydrogen-bond donors (Lipinski definition) is 2. The number of fused-ring (bicyclic) bond motifs is 1.